The van der Waals surface area contributed by atoms with Crippen LogP contribution in [0.1, 0.15) is 34.5 Å². The lowest BCUT2D eigenvalue weighted by molar-refractivity contribution is 0.0980. The topological polar surface area (TPSA) is 53.4 Å². The highest BCUT2D eigenvalue weighted by atomic mass is 35.5. The van der Waals surface area contributed by atoms with Gasteiger partial charge in [-0.05, 0) is 43.2 Å². The van der Waals surface area contributed by atoms with Crippen LogP contribution in [0.25, 0.3) is 0 Å². The summed E-state index contributed by atoms with van der Waals surface area (Å²) >= 11 is 5.97. The second-order valence-electron chi connectivity index (χ2n) is 5.16. The molecule has 0 spiro atoms. The molecule has 1 aromatic heterocycles. The zero-order valence-electron chi connectivity index (χ0n) is 11.6. The van der Waals surface area contributed by atoms with Crippen LogP contribution < -0.4 is 4.90 Å². The third-order valence-electron chi connectivity index (χ3n) is 3.69. The number of benzene rings is 1. The van der Waals surface area contributed by atoms with Gasteiger partial charge < -0.3 is 10.0 Å². The van der Waals surface area contributed by atoms with Crippen molar-refractivity contribution in [2.45, 2.75) is 19.4 Å². The molecule has 0 aliphatic carbocycles. The van der Waals surface area contributed by atoms with Crippen LogP contribution in [-0.4, -0.2) is 22.5 Å². The molecule has 1 aliphatic rings. The van der Waals surface area contributed by atoms with Gasteiger partial charge in [-0.25, -0.2) is 0 Å². The zero-order chi connectivity index (χ0) is 15.0. The van der Waals surface area contributed by atoms with Crippen LogP contribution in [0.15, 0.2) is 36.7 Å². The number of aliphatic hydroxyl groups is 1. The first-order chi connectivity index (χ1) is 10.1. The quantitative estimate of drug-likeness (QED) is 0.928. The monoisotopic (exact) mass is 302 g/mol. The smallest absolute Gasteiger partial charge is 0.258 e. The molecule has 0 bridgehead atoms. The lowest BCUT2D eigenvalue weighted by Crippen LogP contribution is -2.37. The average molecular weight is 303 g/mol. The van der Waals surface area contributed by atoms with Crippen LogP contribution >= 0.6 is 11.6 Å². The molecule has 5 heteroatoms. The van der Waals surface area contributed by atoms with E-state index in [-0.39, 0.29) is 5.91 Å². The van der Waals surface area contributed by atoms with Crippen LogP contribution in [0.4, 0.5) is 5.69 Å². The third-order valence-corrected chi connectivity index (χ3v) is 3.92. The van der Waals surface area contributed by atoms with E-state index in [0.29, 0.717) is 28.4 Å². The molecule has 1 aliphatic heterocycles. The Morgan fingerprint density at radius 1 is 1.33 bits per heavy atom. The number of amides is 1. The molecule has 0 saturated carbocycles. The molecule has 0 radical (unpaired) electrons. The summed E-state index contributed by atoms with van der Waals surface area (Å²) in [6, 6.07) is 7.14. The number of hydrogen-bond acceptors (Lipinski definition) is 3. The van der Waals surface area contributed by atoms with E-state index in [4.69, 9.17) is 11.6 Å². The maximum Gasteiger partial charge on any atom is 0.258 e. The van der Waals surface area contributed by atoms with Gasteiger partial charge in [0, 0.05) is 28.9 Å². The lowest BCUT2D eigenvalue weighted by Gasteiger charge is -2.28. The molecule has 3 rings (SSSR count). The summed E-state index contributed by atoms with van der Waals surface area (Å²) in [7, 11) is 0. The number of aliphatic hydroxyl groups excluding tert-OH is 1. The van der Waals surface area contributed by atoms with E-state index in [9.17, 15) is 9.90 Å². The number of hydrogen-bond donors (Lipinski definition) is 1. The van der Waals surface area contributed by atoms with Gasteiger partial charge in [-0.15, -0.1) is 0 Å². The van der Waals surface area contributed by atoms with E-state index in [1.807, 2.05) is 6.07 Å². The molecular weight excluding hydrogens is 288 g/mol. The van der Waals surface area contributed by atoms with Gasteiger partial charge in [0.15, 0.2) is 0 Å². The van der Waals surface area contributed by atoms with Crippen LogP contribution in [0.2, 0.25) is 5.02 Å². The number of anilines is 1. The van der Waals surface area contributed by atoms with E-state index in [1.165, 1.54) is 0 Å². The van der Waals surface area contributed by atoms with Gasteiger partial charge in [0.2, 0.25) is 0 Å². The fourth-order valence-electron chi connectivity index (χ4n) is 2.52. The summed E-state index contributed by atoms with van der Waals surface area (Å²) in [5.41, 5.74) is 3.05. The molecule has 2 heterocycles. The molecule has 1 amide bonds. The number of aromatic nitrogens is 1. The Bertz CT molecular complexity index is 700. The van der Waals surface area contributed by atoms with Gasteiger partial charge in [-0.1, -0.05) is 11.6 Å². The van der Waals surface area contributed by atoms with E-state index in [1.54, 1.807) is 42.4 Å². The third kappa shape index (κ3) is 2.64. The van der Waals surface area contributed by atoms with Crippen LogP contribution in [0.5, 0.6) is 0 Å². The fourth-order valence-corrected chi connectivity index (χ4v) is 2.72. The van der Waals surface area contributed by atoms with Crippen LogP contribution in [0.3, 0.4) is 0 Å². The molecule has 4 nitrogen and oxygen atoms in total. The summed E-state index contributed by atoms with van der Waals surface area (Å²) in [4.78, 5) is 18.4. The van der Waals surface area contributed by atoms with Gasteiger partial charge in [0.1, 0.15) is 0 Å². The first-order valence-electron chi connectivity index (χ1n) is 6.79. The van der Waals surface area contributed by atoms with Crippen molar-refractivity contribution in [3.8, 4) is 0 Å². The molecule has 0 unspecified atom stereocenters. The van der Waals surface area contributed by atoms with Crippen molar-refractivity contribution >= 4 is 23.2 Å². The van der Waals surface area contributed by atoms with Gasteiger partial charge in [0.05, 0.1) is 18.0 Å². The maximum absolute atomic E-state index is 12.6. The Labute approximate surface area is 128 Å². The largest absolute Gasteiger partial charge is 0.389 e. The SMILES string of the molecule is C[C@@H](O)c1cncc(N2CCc3cc(Cl)ccc3C2=O)c1. The number of fused-ring (bicyclic) bond motifs is 1. The predicted molar refractivity (Wildman–Crippen MR) is 81.7 cm³/mol. The predicted octanol–water partition coefficient (Wildman–Crippen LogP) is 2.99. The number of carbonyl (C=O) groups excluding carboxylic acids is 1. The van der Waals surface area contributed by atoms with Gasteiger partial charge in [-0.3, -0.25) is 9.78 Å². The van der Waals surface area contributed by atoms with E-state index in [0.717, 1.165) is 12.0 Å². The number of rotatable bonds is 2. The van der Waals surface area contributed by atoms with Crippen LogP contribution in [0, 0.1) is 0 Å². The van der Waals surface area contributed by atoms with Crippen molar-refractivity contribution < 1.29 is 9.90 Å². The van der Waals surface area contributed by atoms with Crippen molar-refractivity contribution in [1.82, 2.24) is 4.98 Å². The second kappa shape index (κ2) is 5.47. The Morgan fingerprint density at radius 2 is 2.14 bits per heavy atom. The van der Waals surface area contributed by atoms with E-state index >= 15 is 0 Å². The Kier molecular flexibility index (Phi) is 3.66. The van der Waals surface area contributed by atoms with Crippen molar-refractivity contribution in [1.29, 1.82) is 0 Å². The second-order valence-corrected chi connectivity index (χ2v) is 5.60. The van der Waals surface area contributed by atoms with E-state index < -0.39 is 6.10 Å². The minimum absolute atomic E-state index is 0.0579. The molecular formula is C16H15ClN2O2. The minimum atomic E-state index is -0.608. The Balaban J connectivity index is 1.96. The average Bonchev–Trinajstić information content (AvgIpc) is 2.47. The molecule has 2 aromatic rings. The Hall–Kier alpha value is -1.91. The number of nitrogens with zero attached hydrogens (tertiary/aromatic N) is 2. The molecule has 1 N–H and O–H groups in total. The highest BCUT2D eigenvalue weighted by Crippen LogP contribution is 2.27. The first-order valence-corrected chi connectivity index (χ1v) is 7.17. The van der Waals surface area contributed by atoms with Gasteiger partial charge >= 0.3 is 0 Å². The highest BCUT2D eigenvalue weighted by Gasteiger charge is 2.26. The van der Waals surface area contributed by atoms with Crippen molar-refractivity contribution in [3.05, 3.63) is 58.4 Å². The van der Waals surface area contributed by atoms with Crippen molar-refractivity contribution in [2.24, 2.45) is 0 Å². The maximum atomic E-state index is 12.6. The van der Waals surface area contributed by atoms with Crippen molar-refractivity contribution in [3.63, 3.8) is 0 Å². The number of pyridine rings is 1. The van der Waals surface area contributed by atoms with E-state index in [2.05, 4.69) is 4.98 Å². The highest BCUT2D eigenvalue weighted by molar-refractivity contribution is 6.30. The molecule has 0 fully saturated rings. The summed E-state index contributed by atoms with van der Waals surface area (Å²) in [5.74, 6) is -0.0579. The van der Waals surface area contributed by atoms with Gasteiger partial charge in [-0.2, -0.15) is 0 Å². The summed E-state index contributed by atoms with van der Waals surface area (Å²) < 4.78 is 0. The first kappa shape index (κ1) is 14.0. The molecule has 1 atom stereocenters. The lowest BCUT2D eigenvalue weighted by atomic mass is 9.98. The summed E-state index contributed by atoms with van der Waals surface area (Å²) in [6.07, 6.45) is 3.39. The molecule has 0 saturated heterocycles. The van der Waals surface area contributed by atoms with Gasteiger partial charge in [0.25, 0.3) is 5.91 Å². The number of carbonyl (C=O) groups is 1. The zero-order valence-corrected chi connectivity index (χ0v) is 12.3. The normalized spacial score (nSPS) is 15.8. The number of halogens is 1. The summed E-state index contributed by atoms with van der Waals surface area (Å²) in [6.45, 7) is 2.26. The summed E-state index contributed by atoms with van der Waals surface area (Å²) in [5, 5.41) is 10.3. The van der Waals surface area contributed by atoms with Crippen LogP contribution in [-0.2, 0) is 6.42 Å². The molecule has 21 heavy (non-hydrogen) atoms. The standard InChI is InChI=1S/C16H15ClN2O2/c1-10(20)12-7-14(9-18-8-12)19-5-4-11-6-13(17)2-3-15(11)16(19)21/h2-3,6-10,20H,4-5H2,1H3/t10-/m1/s1. The minimum Gasteiger partial charge on any atom is -0.389 e. The molecule has 1 aromatic carbocycles. The fraction of sp³-hybridized carbons (Fsp3) is 0.250. The Morgan fingerprint density at radius 3 is 2.90 bits per heavy atom. The molecule has 108 valence electrons. The van der Waals surface area contributed by atoms with Crippen molar-refractivity contribution in [2.75, 3.05) is 11.4 Å².